The van der Waals surface area contributed by atoms with E-state index in [0.29, 0.717) is 18.4 Å². The van der Waals surface area contributed by atoms with Crippen LogP contribution >= 0.6 is 0 Å². The zero-order valence-corrected chi connectivity index (χ0v) is 18.7. The van der Waals surface area contributed by atoms with Gasteiger partial charge in [0, 0.05) is 6.61 Å². The average molecular weight is 411 g/mol. The van der Waals surface area contributed by atoms with Crippen LogP contribution in [0, 0.1) is 0 Å². The Morgan fingerprint density at radius 3 is 2.00 bits per heavy atom. The van der Waals surface area contributed by atoms with Crippen molar-refractivity contribution in [3.63, 3.8) is 0 Å². The lowest BCUT2D eigenvalue weighted by Crippen LogP contribution is -2.06. The zero-order chi connectivity index (χ0) is 21.2. The molecule has 0 amide bonds. The zero-order valence-electron chi connectivity index (χ0n) is 18.7. The standard InChI is InChI=1S/C27H38O3/c1-29-23-14-12-21(13-15-23)27-20-22-19-24(30-2)16-17-25(22)26(27)11-9-7-5-3-4-6-8-10-18-28/h12-17,19,26-28H,3-11,18,20H2,1-2H3. The van der Waals surface area contributed by atoms with Crippen LogP contribution in [0.5, 0.6) is 11.5 Å². The van der Waals surface area contributed by atoms with Crippen molar-refractivity contribution in [3.8, 4) is 11.5 Å². The molecule has 3 rings (SSSR count). The molecule has 3 nitrogen and oxygen atoms in total. The molecule has 2 aromatic carbocycles. The van der Waals surface area contributed by atoms with Crippen molar-refractivity contribution >= 4 is 0 Å². The minimum atomic E-state index is 0.337. The SMILES string of the molecule is COc1ccc(C2Cc3cc(OC)ccc3C2CCCCCCCCCCO)cc1. The number of unbranched alkanes of at least 4 members (excludes halogenated alkanes) is 7. The van der Waals surface area contributed by atoms with Gasteiger partial charge in [-0.25, -0.2) is 0 Å². The normalized spacial score (nSPS) is 17.7. The van der Waals surface area contributed by atoms with E-state index in [2.05, 4.69) is 42.5 Å². The van der Waals surface area contributed by atoms with E-state index in [1.165, 1.54) is 68.1 Å². The Balaban J connectivity index is 1.58. The summed E-state index contributed by atoms with van der Waals surface area (Å²) in [6, 6.07) is 15.3. The molecule has 1 aliphatic rings. The van der Waals surface area contributed by atoms with Crippen LogP contribution in [0.2, 0.25) is 0 Å². The number of ether oxygens (including phenoxy) is 2. The largest absolute Gasteiger partial charge is 0.497 e. The minimum Gasteiger partial charge on any atom is -0.497 e. The van der Waals surface area contributed by atoms with Gasteiger partial charge in [0.1, 0.15) is 11.5 Å². The Kier molecular flexibility index (Phi) is 9.07. The van der Waals surface area contributed by atoms with Crippen LogP contribution in [0.25, 0.3) is 0 Å². The fourth-order valence-corrected chi connectivity index (χ4v) is 4.94. The first-order valence-electron chi connectivity index (χ1n) is 11.7. The summed E-state index contributed by atoms with van der Waals surface area (Å²) in [6.45, 7) is 0.337. The van der Waals surface area contributed by atoms with Gasteiger partial charge in [0.05, 0.1) is 14.2 Å². The summed E-state index contributed by atoms with van der Waals surface area (Å²) in [5.74, 6) is 3.01. The van der Waals surface area contributed by atoms with Gasteiger partial charge in [0.25, 0.3) is 0 Å². The molecule has 2 unspecified atom stereocenters. The van der Waals surface area contributed by atoms with Gasteiger partial charge in [-0.05, 0) is 72.1 Å². The predicted octanol–water partition coefficient (Wildman–Crippen LogP) is 6.63. The topological polar surface area (TPSA) is 38.7 Å². The second kappa shape index (κ2) is 12.0. The Hall–Kier alpha value is -2.00. The number of fused-ring (bicyclic) bond motifs is 1. The number of benzene rings is 2. The van der Waals surface area contributed by atoms with Crippen LogP contribution in [0.15, 0.2) is 42.5 Å². The fraction of sp³-hybridized carbons (Fsp3) is 0.556. The summed E-state index contributed by atoms with van der Waals surface area (Å²) in [4.78, 5) is 0. The van der Waals surface area contributed by atoms with Gasteiger partial charge >= 0.3 is 0 Å². The van der Waals surface area contributed by atoms with Gasteiger partial charge in [-0.15, -0.1) is 0 Å². The molecule has 1 aliphatic carbocycles. The maximum absolute atomic E-state index is 8.86. The van der Waals surface area contributed by atoms with Crippen molar-refractivity contribution in [2.24, 2.45) is 0 Å². The molecule has 1 N–H and O–H groups in total. The van der Waals surface area contributed by atoms with Gasteiger partial charge < -0.3 is 14.6 Å². The lowest BCUT2D eigenvalue weighted by Gasteiger charge is -2.21. The monoisotopic (exact) mass is 410 g/mol. The van der Waals surface area contributed by atoms with E-state index in [9.17, 15) is 0 Å². The van der Waals surface area contributed by atoms with E-state index in [1.807, 2.05) is 0 Å². The Morgan fingerprint density at radius 1 is 0.767 bits per heavy atom. The van der Waals surface area contributed by atoms with Crippen LogP contribution in [0.3, 0.4) is 0 Å². The number of methoxy groups -OCH3 is 2. The van der Waals surface area contributed by atoms with Crippen LogP contribution in [-0.2, 0) is 6.42 Å². The van der Waals surface area contributed by atoms with Gasteiger partial charge in [0.2, 0.25) is 0 Å². The van der Waals surface area contributed by atoms with Crippen LogP contribution in [0.4, 0.5) is 0 Å². The first-order valence-corrected chi connectivity index (χ1v) is 11.7. The second-order valence-corrected chi connectivity index (χ2v) is 8.60. The third-order valence-electron chi connectivity index (χ3n) is 6.64. The third-order valence-corrected chi connectivity index (χ3v) is 6.64. The van der Waals surface area contributed by atoms with Crippen molar-refractivity contribution < 1.29 is 14.6 Å². The molecule has 0 spiro atoms. The molecule has 2 atom stereocenters. The summed E-state index contributed by atoms with van der Waals surface area (Å²) >= 11 is 0. The molecule has 0 saturated carbocycles. The quantitative estimate of drug-likeness (QED) is 0.377. The Morgan fingerprint density at radius 2 is 1.37 bits per heavy atom. The van der Waals surface area contributed by atoms with Crippen LogP contribution < -0.4 is 9.47 Å². The molecule has 0 aliphatic heterocycles. The lowest BCUT2D eigenvalue weighted by atomic mass is 9.83. The molecule has 0 saturated heterocycles. The van der Waals surface area contributed by atoms with E-state index in [4.69, 9.17) is 14.6 Å². The predicted molar refractivity (Wildman–Crippen MR) is 124 cm³/mol. The molecule has 30 heavy (non-hydrogen) atoms. The highest BCUT2D eigenvalue weighted by Crippen LogP contribution is 2.47. The number of hydrogen-bond donors (Lipinski definition) is 1. The van der Waals surface area contributed by atoms with Gasteiger partial charge in [-0.1, -0.05) is 63.1 Å². The number of hydrogen-bond acceptors (Lipinski definition) is 3. The fourth-order valence-electron chi connectivity index (χ4n) is 4.94. The molecule has 0 radical (unpaired) electrons. The van der Waals surface area contributed by atoms with Crippen LogP contribution in [0.1, 0.15) is 86.3 Å². The molecule has 0 aromatic heterocycles. The first-order chi connectivity index (χ1) is 14.8. The molecule has 0 fully saturated rings. The number of aliphatic hydroxyl groups excluding tert-OH is 1. The summed E-state index contributed by atoms with van der Waals surface area (Å²) in [5.41, 5.74) is 4.38. The molecule has 0 bridgehead atoms. The van der Waals surface area contributed by atoms with Crippen molar-refractivity contribution in [2.45, 2.75) is 76.0 Å². The van der Waals surface area contributed by atoms with Crippen molar-refractivity contribution in [1.29, 1.82) is 0 Å². The molecule has 0 heterocycles. The van der Waals surface area contributed by atoms with E-state index in [0.717, 1.165) is 24.3 Å². The first kappa shape index (κ1) is 22.7. The second-order valence-electron chi connectivity index (χ2n) is 8.60. The van der Waals surface area contributed by atoms with Crippen LogP contribution in [-0.4, -0.2) is 25.9 Å². The van der Waals surface area contributed by atoms with Crippen molar-refractivity contribution in [2.75, 3.05) is 20.8 Å². The van der Waals surface area contributed by atoms with E-state index in [-0.39, 0.29) is 0 Å². The maximum atomic E-state index is 8.86. The van der Waals surface area contributed by atoms with Gasteiger partial charge in [0.15, 0.2) is 0 Å². The molecule has 164 valence electrons. The van der Waals surface area contributed by atoms with Gasteiger partial charge in [-0.3, -0.25) is 0 Å². The smallest absolute Gasteiger partial charge is 0.119 e. The maximum Gasteiger partial charge on any atom is 0.119 e. The summed E-state index contributed by atoms with van der Waals surface area (Å²) in [5, 5.41) is 8.86. The van der Waals surface area contributed by atoms with E-state index < -0.39 is 0 Å². The van der Waals surface area contributed by atoms with E-state index in [1.54, 1.807) is 14.2 Å². The molecule has 3 heteroatoms. The number of aliphatic hydroxyl groups is 1. The molecular weight excluding hydrogens is 372 g/mol. The summed E-state index contributed by atoms with van der Waals surface area (Å²) in [6.07, 6.45) is 12.3. The molecule has 2 aromatic rings. The third kappa shape index (κ3) is 6.01. The van der Waals surface area contributed by atoms with E-state index >= 15 is 0 Å². The minimum absolute atomic E-state index is 0.337. The summed E-state index contributed by atoms with van der Waals surface area (Å²) in [7, 11) is 3.47. The lowest BCUT2D eigenvalue weighted by molar-refractivity contribution is 0.282. The highest BCUT2D eigenvalue weighted by atomic mass is 16.5. The van der Waals surface area contributed by atoms with Gasteiger partial charge in [-0.2, -0.15) is 0 Å². The Bertz CT molecular complexity index is 753. The van der Waals surface area contributed by atoms with Crippen molar-refractivity contribution in [3.05, 3.63) is 59.2 Å². The summed E-state index contributed by atoms with van der Waals surface area (Å²) < 4.78 is 10.8. The highest BCUT2D eigenvalue weighted by molar-refractivity contribution is 5.46. The molecular formula is C27H38O3. The highest BCUT2D eigenvalue weighted by Gasteiger charge is 2.33. The average Bonchev–Trinajstić information content (AvgIpc) is 3.15. The van der Waals surface area contributed by atoms with Crippen molar-refractivity contribution in [1.82, 2.24) is 0 Å². The Labute approximate surface area is 182 Å². The number of rotatable bonds is 13.